The summed E-state index contributed by atoms with van der Waals surface area (Å²) in [4.78, 5) is 33.9. The van der Waals surface area contributed by atoms with Gasteiger partial charge in [-0.05, 0) is 12.1 Å². The van der Waals surface area contributed by atoms with Crippen LogP contribution in [0.5, 0.6) is 5.75 Å². The van der Waals surface area contributed by atoms with E-state index in [1.807, 2.05) is 0 Å². The Morgan fingerprint density at radius 2 is 2.06 bits per heavy atom. The van der Waals surface area contributed by atoms with Crippen LogP contribution in [0.3, 0.4) is 0 Å². The third kappa shape index (κ3) is 2.25. The smallest absolute Gasteiger partial charge is 0.255 e. The second kappa shape index (κ2) is 4.25. The van der Waals surface area contributed by atoms with Gasteiger partial charge in [-0.1, -0.05) is 12.1 Å². The molecule has 2 rings (SSSR count). The van der Waals surface area contributed by atoms with Crippen LogP contribution in [0.2, 0.25) is 0 Å². The molecule has 1 saturated heterocycles. The van der Waals surface area contributed by atoms with Crippen LogP contribution in [-0.2, 0) is 9.59 Å². The molecule has 88 valence electrons. The summed E-state index contributed by atoms with van der Waals surface area (Å²) in [5.74, 6) is -1.70. The van der Waals surface area contributed by atoms with Crippen molar-refractivity contribution in [2.75, 3.05) is 0 Å². The van der Waals surface area contributed by atoms with E-state index in [-0.39, 0.29) is 17.7 Å². The zero-order chi connectivity index (χ0) is 12.4. The first-order valence-electron chi connectivity index (χ1n) is 5.00. The quantitative estimate of drug-likeness (QED) is 0.603. The van der Waals surface area contributed by atoms with E-state index in [1.54, 1.807) is 12.1 Å². The van der Waals surface area contributed by atoms with Crippen LogP contribution in [0.15, 0.2) is 24.3 Å². The number of imide groups is 1. The molecule has 1 aromatic rings. The predicted molar refractivity (Wildman–Crippen MR) is 57.1 cm³/mol. The third-order valence-corrected chi connectivity index (χ3v) is 2.42. The van der Waals surface area contributed by atoms with Gasteiger partial charge in [0.1, 0.15) is 11.8 Å². The van der Waals surface area contributed by atoms with E-state index >= 15 is 0 Å². The summed E-state index contributed by atoms with van der Waals surface area (Å²) in [6.07, 6.45) is -0.0713. The van der Waals surface area contributed by atoms with Gasteiger partial charge in [0.05, 0.1) is 12.0 Å². The molecule has 0 saturated carbocycles. The molecule has 6 heteroatoms. The van der Waals surface area contributed by atoms with E-state index in [0.717, 1.165) is 0 Å². The highest BCUT2D eigenvalue weighted by Gasteiger charge is 2.32. The Balaban J connectivity index is 2.10. The average molecular weight is 234 g/mol. The van der Waals surface area contributed by atoms with Crippen molar-refractivity contribution in [3.8, 4) is 5.75 Å². The number of para-hydroxylation sites is 1. The number of nitrogens with one attached hydrogen (secondary N) is 2. The number of rotatable bonds is 2. The number of benzene rings is 1. The Bertz CT molecular complexity index is 498. The first-order chi connectivity index (χ1) is 8.08. The topological polar surface area (TPSA) is 95.5 Å². The fourth-order valence-corrected chi connectivity index (χ4v) is 1.57. The van der Waals surface area contributed by atoms with Gasteiger partial charge in [-0.25, -0.2) is 0 Å². The number of phenols is 1. The molecule has 0 spiro atoms. The molecular weight excluding hydrogens is 224 g/mol. The molecule has 0 radical (unpaired) electrons. The van der Waals surface area contributed by atoms with E-state index < -0.39 is 23.8 Å². The highest BCUT2D eigenvalue weighted by atomic mass is 16.3. The second-order valence-corrected chi connectivity index (χ2v) is 3.66. The van der Waals surface area contributed by atoms with E-state index in [4.69, 9.17) is 0 Å². The largest absolute Gasteiger partial charge is 0.507 e. The zero-order valence-electron chi connectivity index (χ0n) is 8.77. The van der Waals surface area contributed by atoms with Crippen molar-refractivity contribution in [1.82, 2.24) is 10.6 Å². The molecule has 1 atom stereocenters. The molecule has 0 aromatic heterocycles. The summed E-state index contributed by atoms with van der Waals surface area (Å²) in [6.45, 7) is 0. The molecule has 0 bridgehead atoms. The lowest BCUT2D eigenvalue weighted by molar-refractivity contribution is -0.125. The molecule has 1 fully saturated rings. The second-order valence-electron chi connectivity index (χ2n) is 3.66. The van der Waals surface area contributed by atoms with Crippen molar-refractivity contribution in [2.24, 2.45) is 0 Å². The number of aromatic hydroxyl groups is 1. The summed E-state index contributed by atoms with van der Waals surface area (Å²) in [7, 11) is 0. The third-order valence-electron chi connectivity index (χ3n) is 2.42. The van der Waals surface area contributed by atoms with Crippen molar-refractivity contribution in [1.29, 1.82) is 0 Å². The van der Waals surface area contributed by atoms with Crippen LogP contribution in [0.4, 0.5) is 0 Å². The molecule has 1 aliphatic heterocycles. The van der Waals surface area contributed by atoms with Crippen LogP contribution in [0, 0.1) is 0 Å². The standard InChI is InChI=1S/C11H10N2O4/c14-8-4-2-1-3-6(8)10(16)12-7-5-9(15)13-11(7)17/h1-4,7,14H,5H2,(H,12,16)(H,13,15,17). The lowest BCUT2D eigenvalue weighted by atomic mass is 10.1. The Labute approximate surface area is 96.6 Å². The Hall–Kier alpha value is -2.37. The Kier molecular flexibility index (Phi) is 2.78. The molecule has 1 aromatic carbocycles. The van der Waals surface area contributed by atoms with Crippen LogP contribution in [-0.4, -0.2) is 28.9 Å². The van der Waals surface area contributed by atoms with Gasteiger partial charge in [0.2, 0.25) is 11.8 Å². The predicted octanol–water partition coefficient (Wildman–Crippen LogP) is -0.463. The highest BCUT2D eigenvalue weighted by molar-refractivity contribution is 6.08. The van der Waals surface area contributed by atoms with Crippen LogP contribution >= 0.6 is 0 Å². The lowest BCUT2D eigenvalue weighted by Crippen LogP contribution is -2.40. The number of carbonyl (C=O) groups excluding carboxylic acids is 3. The van der Waals surface area contributed by atoms with Gasteiger partial charge < -0.3 is 10.4 Å². The maximum Gasteiger partial charge on any atom is 0.255 e. The number of amides is 3. The molecule has 1 unspecified atom stereocenters. The molecule has 0 aliphatic carbocycles. The van der Waals surface area contributed by atoms with Crippen molar-refractivity contribution in [3.63, 3.8) is 0 Å². The summed E-state index contributed by atoms with van der Waals surface area (Å²) >= 11 is 0. The van der Waals surface area contributed by atoms with Gasteiger partial charge in [0.25, 0.3) is 5.91 Å². The van der Waals surface area contributed by atoms with E-state index in [2.05, 4.69) is 10.6 Å². The zero-order valence-corrected chi connectivity index (χ0v) is 8.77. The monoisotopic (exact) mass is 234 g/mol. The normalized spacial score (nSPS) is 18.9. The first-order valence-corrected chi connectivity index (χ1v) is 5.00. The number of hydrogen-bond donors (Lipinski definition) is 3. The highest BCUT2D eigenvalue weighted by Crippen LogP contribution is 2.15. The first kappa shape index (κ1) is 11.1. The molecule has 3 N–H and O–H groups in total. The Morgan fingerprint density at radius 1 is 1.35 bits per heavy atom. The lowest BCUT2D eigenvalue weighted by Gasteiger charge is -2.09. The minimum atomic E-state index is -0.866. The SMILES string of the molecule is O=C1CC(NC(=O)c2ccccc2O)C(=O)N1. The molecular formula is C11H10N2O4. The van der Waals surface area contributed by atoms with E-state index in [9.17, 15) is 19.5 Å². The molecule has 6 nitrogen and oxygen atoms in total. The van der Waals surface area contributed by atoms with Crippen molar-refractivity contribution >= 4 is 17.7 Å². The number of carbonyl (C=O) groups is 3. The Morgan fingerprint density at radius 3 is 2.65 bits per heavy atom. The minimum absolute atomic E-state index is 0.0691. The molecule has 1 heterocycles. The summed E-state index contributed by atoms with van der Waals surface area (Å²) in [5.41, 5.74) is 0.0691. The fourth-order valence-electron chi connectivity index (χ4n) is 1.57. The molecule has 3 amide bonds. The summed E-state index contributed by atoms with van der Waals surface area (Å²) in [6, 6.07) is 5.11. The van der Waals surface area contributed by atoms with E-state index in [1.165, 1.54) is 12.1 Å². The van der Waals surface area contributed by atoms with Gasteiger partial charge in [0, 0.05) is 0 Å². The maximum absolute atomic E-state index is 11.7. The number of hydrogen-bond acceptors (Lipinski definition) is 4. The van der Waals surface area contributed by atoms with Gasteiger partial charge in [-0.15, -0.1) is 0 Å². The van der Waals surface area contributed by atoms with E-state index in [0.29, 0.717) is 0 Å². The molecule has 1 aliphatic rings. The van der Waals surface area contributed by atoms with Gasteiger partial charge in [0.15, 0.2) is 0 Å². The summed E-state index contributed by atoms with van der Waals surface area (Å²) in [5, 5.41) is 13.9. The van der Waals surface area contributed by atoms with Crippen molar-refractivity contribution < 1.29 is 19.5 Å². The summed E-state index contributed by atoms with van der Waals surface area (Å²) < 4.78 is 0. The van der Waals surface area contributed by atoms with Crippen LogP contribution in [0.1, 0.15) is 16.8 Å². The van der Waals surface area contributed by atoms with Crippen LogP contribution < -0.4 is 10.6 Å². The molecule has 17 heavy (non-hydrogen) atoms. The van der Waals surface area contributed by atoms with Gasteiger partial charge >= 0.3 is 0 Å². The number of phenolic OH excluding ortho intramolecular Hbond substituents is 1. The van der Waals surface area contributed by atoms with Crippen molar-refractivity contribution in [2.45, 2.75) is 12.5 Å². The van der Waals surface area contributed by atoms with Gasteiger partial charge in [-0.2, -0.15) is 0 Å². The van der Waals surface area contributed by atoms with Crippen molar-refractivity contribution in [3.05, 3.63) is 29.8 Å². The van der Waals surface area contributed by atoms with Crippen LogP contribution in [0.25, 0.3) is 0 Å². The average Bonchev–Trinajstić information content (AvgIpc) is 2.58. The fraction of sp³-hybridized carbons (Fsp3) is 0.182. The van der Waals surface area contributed by atoms with Gasteiger partial charge in [-0.3, -0.25) is 19.7 Å². The minimum Gasteiger partial charge on any atom is -0.507 e. The maximum atomic E-state index is 11.7.